The third-order valence-corrected chi connectivity index (χ3v) is 3.65. The van der Waals surface area contributed by atoms with Crippen molar-refractivity contribution in [2.75, 3.05) is 11.1 Å². The molecular formula is C14H15ClN4. The Labute approximate surface area is 117 Å². The van der Waals surface area contributed by atoms with Gasteiger partial charge in [0.05, 0.1) is 0 Å². The van der Waals surface area contributed by atoms with Crippen LogP contribution in [0.5, 0.6) is 0 Å². The van der Waals surface area contributed by atoms with Crippen LogP contribution in [0.15, 0.2) is 24.3 Å². The molecule has 98 valence electrons. The van der Waals surface area contributed by atoms with Crippen LogP contribution in [-0.4, -0.2) is 9.97 Å². The number of nitrogen functional groups attached to an aromatic ring is 1. The molecule has 1 heterocycles. The molecule has 4 nitrogen and oxygen atoms in total. The molecule has 0 aliphatic heterocycles. The molecule has 1 aromatic heterocycles. The van der Waals surface area contributed by atoms with Gasteiger partial charge >= 0.3 is 0 Å². The largest absolute Gasteiger partial charge is 0.384 e. The second-order valence-corrected chi connectivity index (χ2v) is 5.26. The lowest BCUT2D eigenvalue weighted by atomic mass is 10.2. The Morgan fingerprint density at radius 3 is 2.84 bits per heavy atom. The smallest absolute Gasteiger partial charge is 0.136 e. The maximum absolute atomic E-state index is 6.11. The number of nitrogens with two attached hydrogens (primary N) is 1. The number of hydrogen-bond acceptors (Lipinski definition) is 4. The first-order valence-corrected chi connectivity index (χ1v) is 6.68. The number of hydrogen-bond donors (Lipinski definition) is 2. The summed E-state index contributed by atoms with van der Waals surface area (Å²) in [5, 5.41) is 3.99. The van der Waals surface area contributed by atoms with E-state index in [4.69, 9.17) is 17.3 Å². The molecule has 1 saturated carbocycles. The fourth-order valence-electron chi connectivity index (χ4n) is 1.95. The summed E-state index contributed by atoms with van der Waals surface area (Å²) >= 11 is 6.11. The maximum Gasteiger partial charge on any atom is 0.136 e. The number of aromatic nitrogens is 2. The summed E-state index contributed by atoms with van der Waals surface area (Å²) in [7, 11) is 0. The molecule has 3 N–H and O–H groups in total. The van der Waals surface area contributed by atoms with Gasteiger partial charge in [0.25, 0.3) is 0 Å². The van der Waals surface area contributed by atoms with Crippen LogP contribution in [0.25, 0.3) is 0 Å². The summed E-state index contributed by atoms with van der Waals surface area (Å²) in [6.07, 6.45) is 2.30. The van der Waals surface area contributed by atoms with Crippen molar-refractivity contribution >= 4 is 28.9 Å². The SMILES string of the molecule is Cc1c(Cl)cccc1Nc1cc(N)nc(C2CC2)n1. The van der Waals surface area contributed by atoms with Crippen LogP contribution >= 0.6 is 11.6 Å². The van der Waals surface area contributed by atoms with Crippen molar-refractivity contribution in [2.45, 2.75) is 25.7 Å². The van der Waals surface area contributed by atoms with Crippen LogP contribution in [0, 0.1) is 6.92 Å². The summed E-state index contributed by atoms with van der Waals surface area (Å²) in [6, 6.07) is 7.48. The third-order valence-electron chi connectivity index (χ3n) is 3.24. The molecule has 0 spiro atoms. The van der Waals surface area contributed by atoms with Crippen LogP contribution in [-0.2, 0) is 0 Å². The fourth-order valence-corrected chi connectivity index (χ4v) is 2.13. The number of anilines is 3. The molecule has 19 heavy (non-hydrogen) atoms. The highest BCUT2D eigenvalue weighted by Crippen LogP contribution is 2.39. The van der Waals surface area contributed by atoms with Gasteiger partial charge in [-0.1, -0.05) is 17.7 Å². The summed E-state index contributed by atoms with van der Waals surface area (Å²) in [5.74, 6) is 2.53. The van der Waals surface area contributed by atoms with Crippen LogP contribution in [0.1, 0.15) is 30.1 Å². The van der Waals surface area contributed by atoms with E-state index < -0.39 is 0 Å². The average molecular weight is 275 g/mol. The normalized spacial score (nSPS) is 14.4. The molecule has 0 bridgehead atoms. The Balaban J connectivity index is 1.92. The van der Waals surface area contributed by atoms with Gasteiger partial charge in [0.2, 0.25) is 0 Å². The Morgan fingerprint density at radius 2 is 2.11 bits per heavy atom. The van der Waals surface area contributed by atoms with Crippen LogP contribution in [0.4, 0.5) is 17.3 Å². The van der Waals surface area contributed by atoms with Gasteiger partial charge in [-0.25, -0.2) is 9.97 Å². The minimum absolute atomic E-state index is 0.476. The monoisotopic (exact) mass is 274 g/mol. The Morgan fingerprint density at radius 1 is 1.32 bits per heavy atom. The molecule has 2 aromatic rings. The highest BCUT2D eigenvalue weighted by Gasteiger charge is 2.27. The lowest BCUT2D eigenvalue weighted by Gasteiger charge is -2.11. The summed E-state index contributed by atoms with van der Waals surface area (Å²) in [5.41, 5.74) is 7.76. The average Bonchev–Trinajstić information content (AvgIpc) is 3.18. The molecule has 0 atom stereocenters. The quantitative estimate of drug-likeness (QED) is 0.897. The van der Waals surface area contributed by atoms with E-state index in [2.05, 4.69) is 15.3 Å². The van der Waals surface area contributed by atoms with E-state index >= 15 is 0 Å². The van der Waals surface area contributed by atoms with Gasteiger partial charge in [-0.2, -0.15) is 0 Å². The van der Waals surface area contributed by atoms with Crippen molar-refractivity contribution in [3.8, 4) is 0 Å². The fraction of sp³-hybridized carbons (Fsp3) is 0.286. The summed E-state index contributed by atoms with van der Waals surface area (Å²) < 4.78 is 0. The van der Waals surface area contributed by atoms with Crippen molar-refractivity contribution in [3.05, 3.63) is 40.7 Å². The van der Waals surface area contributed by atoms with Gasteiger partial charge in [0, 0.05) is 22.7 Å². The molecular weight excluding hydrogens is 260 g/mol. The zero-order valence-electron chi connectivity index (χ0n) is 10.7. The second kappa shape index (κ2) is 4.70. The highest BCUT2D eigenvalue weighted by molar-refractivity contribution is 6.31. The Kier molecular flexibility index (Phi) is 3.03. The van der Waals surface area contributed by atoms with Crippen molar-refractivity contribution in [2.24, 2.45) is 0 Å². The van der Waals surface area contributed by atoms with Crippen LogP contribution < -0.4 is 11.1 Å². The van der Waals surface area contributed by atoms with E-state index in [0.717, 1.165) is 40.8 Å². The van der Waals surface area contributed by atoms with Gasteiger partial charge in [0.1, 0.15) is 17.5 Å². The number of nitrogens with zero attached hydrogens (tertiary/aromatic N) is 2. The van der Waals surface area contributed by atoms with E-state index in [1.165, 1.54) is 0 Å². The van der Waals surface area contributed by atoms with Crippen molar-refractivity contribution < 1.29 is 0 Å². The number of benzene rings is 1. The number of rotatable bonds is 3. The summed E-state index contributed by atoms with van der Waals surface area (Å²) in [4.78, 5) is 8.79. The first-order valence-electron chi connectivity index (χ1n) is 6.30. The van der Waals surface area contributed by atoms with Gasteiger partial charge in [0.15, 0.2) is 0 Å². The standard InChI is InChI=1S/C14H15ClN4/c1-8-10(15)3-2-4-11(8)17-13-7-12(16)18-14(19-13)9-5-6-9/h2-4,7,9H,5-6H2,1H3,(H3,16,17,18,19). The van der Waals surface area contributed by atoms with E-state index in [0.29, 0.717) is 11.7 Å². The molecule has 1 fully saturated rings. The molecule has 0 radical (unpaired) electrons. The first-order chi connectivity index (χ1) is 9.13. The summed E-state index contributed by atoms with van der Waals surface area (Å²) in [6.45, 7) is 1.97. The molecule has 1 aliphatic rings. The lowest BCUT2D eigenvalue weighted by Crippen LogP contribution is -2.03. The van der Waals surface area contributed by atoms with Gasteiger partial charge in [-0.3, -0.25) is 0 Å². The Hall–Kier alpha value is -1.81. The van der Waals surface area contributed by atoms with Crippen molar-refractivity contribution in [3.63, 3.8) is 0 Å². The molecule has 0 amide bonds. The van der Waals surface area contributed by atoms with Gasteiger partial charge < -0.3 is 11.1 Å². The zero-order chi connectivity index (χ0) is 13.4. The molecule has 1 aliphatic carbocycles. The lowest BCUT2D eigenvalue weighted by molar-refractivity contribution is 0.936. The minimum atomic E-state index is 0.476. The van der Waals surface area contributed by atoms with Crippen molar-refractivity contribution in [1.29, 1.82) is 0 Å². The molecule has 3 rings (SSSR count). The van der Waals surface area contributed by atoms with Crippen LogP contribution in [0.3, 0.4) is 0 Å². The minimum Gasteiger partial charge on any atom is -0.384 e. The van der Waals surface area contributed by atoms with E-state index in [9.17, 15) is 0 Å². The number of nitrogens with one attached hydrogen (secondary N) is 1. The number of halogens is 1. The van der Waals surface area contributed by atoms with Gasteiger partial charge in [-0.15, -0.1) is 0 Å². The first kappa shape index (κ1) is 12.2. The molecule has 5 heteroatoms. The second-order valence-electron chi connectivity index (χ2n) is 4.85. The third kappa shape index (κ3) is 2.63. The van der Waals surface area contributed by atoms with Crippen molar-refractivity contribution in [1.82, 2.24) is 9.97 Å². The van der Waals surface area contributed by atoms with E-state index in [-0.39, 0.29) is 0 Å². The van der Waals surface area contributed by atoms with Crippen LogP contribution in [0.2, 0.25) is 5.02 Å². The maximum atomic E-state index is 6.11. The van der Waals surface area contributed by atoms with E-state index in [1.54, 1.807) is 6.07 Å². The topological polar surface area (TPSA) is 63.8 Å². The Bertz CT molecular complexity index is 623. The molecule has 0 unspecified atom stereocenters. The van der Waals surface area contributed by atoms with E-state index in [1.807, 2.05) is 25.1 Å². The van der Waals surface area contributed by atoms with Gasteiger partial charge in [-0.05, 0) is 37.5 Å². The predicted octanol–water partition coefficient (Wildman–Crippen LogP) is 3.64. The highest BCUT2D eigenvalue weighted by atomic mass is 35.5. The molecule has 0 saturated heterocycles. The zero-order valence-corrected chi connectivity index (χ0v) is 11.4. The molecule has 1 aromatic carbocycles. The predicted molar refractivity (Wildman–Crippen MR) is 77.9 cm³/mol.